The van der Waals surface area contributed by atoms with Gasteiger partial charge in [-0.05, 0) is 27.2 Å². The fraction of sp³-hybridized carbons (Fsp3) is 0.909. The average molecular weight is 215 g/mol. The lowest BCUT2D eigenvalue weighted by atomic mass is 10.1. The summed E-state index contributed by atoms with van der Waals surface area (Å²) in [4.78, 5) is 13.5. The number of amides is 1. The molecule has 1 saturated heterocycles. The Morgan fingerprint density at radius 2 is 2.27 bits per heavy atom. The van der Waals surface area contributed by atoms with Crippen molar-refractivity contribution in [2.75, 3.05) is 20.3 Å². The van der Waals surface area contributed by atoms with E-state index in [2.05, 4.69) is 0 Å². The Morgan fingerprint density at radius 1 is 1.60 bits per heavy atom. The normalized spacial score (nSPS) is 25.9. The molecule has 2 atom stereocenters. The van der Waals surface area contributed by atoms with Crippen LogP contribution in [0.2, 0.25) is 0 Å². The molecule has 0 aromatic rings. The minimum atomic E-state index is 0.0334. The van der Waals surface area contributed by atoms with Crippen molar-refractivity contribution >= 4 is 5.91 Å². The predicted octanol–water partition coefficient (Wildman–Crippen LogP) is 1.05. The minimum Gasteiger partial charge on any atom is -0.376 e. The molecule has 0 radical (unpaired) electrons. The molecule has 1 rings (SSSR count). The molecule has 1 amide bonds. The van der Waals surface area contributed by atoms with E-state index in [1.807, 2.05) is 27.8 Å². The van der Waals surface area contributed by atoms with Gasteiger partial charge >= 0.3 is 0 Å². The van der Waals surface area contributed by atoms with Gasteiger partial charge in [-0.15, -0.1) is 0 Å². The number of hydrogen-bond acceptors (Lipinski definition) is 3. The van der Waals surface area contributed by atoms with Crippen molar-refractivity contribution in [1.82, 2.24) is 4.90 Å². The van der Waals surface area contributed by atoms with Crippen LogP contribution in [0.1, 0.15) is 27.2 Å². The van der Waals surface area contributed by atoms with E-state index >= 15 is 0 Å². The van der Waals surface area contributed by atoms with Gasteiger partial charge in [-0.3, -0.25) is 4.79 Å². The topological polar surface area (TPSA) is 38.8 Å². The maximum atomic E-state index is 11.7. The fourth-order valence-corrected chi connectivity index (χ4v) is 1.75. The lowest BCUT2D eigenvalue weighted by Crippen LogP contribution is -2.43. The Morgan fingerprint density at radius 3 is 2.73 bits per heavy atom. The van der Waals surface area contributed by atoms with Crippen LogP contribution < -0.4 is 0 Å². The highest BCUT2D eigenvalue weighted by Gasteiger charge is 2.30. The molecular weight excluding hydrogens is 194 g/mol. The molecule has 0 N–H and O–H groups in total. The number of rotatable bonds is 4. The van der Waals surface area contributed by atoms with E-state index in [4.69, 9.17) is 9.47 Å². The summed E-state index contributed by atoms with van der Waals surface area (Å²) in [5.41, 5.74) is 0. The first-order chi connectivity index (χ1) is 7.02. The Balaban J connectivity index is 2.38. The highest BCUT2D eigenvalue weighted by atomic mass is 16.5. The summed E-state index contributed by atoms with van der Waals surface area (Å²) in [6.07, 6.45) is 1.16. The molecule has 1 aliphatic rings. The molecule has 0 spiro atoms. The van der Waals surface area contributed by atoms with Gasteiger partial charge in [-0.25, -0.2) is 0 Å². The number of ether oxygens (including phenoxy) is 2. The van der Waals surface area contributed by atoms with Crippen LogP contribution >= 0.6 is 0 Å². The molecule has 1 fully saturated rings. The van der Waals surface area contributed by atoms with E-state index in [9.17, 15) is 4.79 Å². The Bertz CT molecular complexity index is 218. The molecule has 0 saturated carbocycles. The van der Waals surface area contributed by atoms with Crippen LogP contribution in [0.4, 0.5) is 0 Å². The van der Waals surface area contributed by atoms with Crippen LogP contribution in [-0.4, -0.2) is 49.3 Å². The Labute approximate surface area is 91.5 Å². The van der Waals surface area contributed by atoms with E-state index in [1.54, 1.807) is 4.90 Å². The van der Waals surface area contributed by atoms with Gasteiger partial charge in [0.25, 0.3) is 0 Å². The Kier molecular flexibility index (Phi) is 4.54. The number of nitrogens with zero attached hydrogens (tertiary/aromatic N) is 1. The van der Waals surface area contributed by atoms with Crippen molar-refractivity contribution in [3.8, 4) is 0 Å². The number of carbonyl (C=O) groups excluding carboxylic acids is 1. The zero-order valence-corrected chi connectivity index (χ0v) is 10.0. The minimum absolute atomic E-state index is 0.0334. The molecule has 1 aliphatic heterocycles. The third kappa shape index (κ3) is 3.47. The smallest absolute Gasteiger partial charge is 0.248 e. The van der Waals surface area contributed by atoms with Gasteiger partial charge in [0.05, 0.1) is 18.2 Å². The van der Waals surface area contributed by atoms with E-state index in [0.717, 1.165) is 13.0 Å². The van der Waals surface area contributed by atoms with Crippen LogP contribution in [-0.2, 0) is 14.3 Å². The molecule has 0 aliphatic carbocycles. The largest absolute Gasteiger partial charge is 0.376 e. The highest BCUT2D eigenvalue weighted by Crippen LogP contribution is 2.18. The van der Waals surface area contributed by atoms with Crippen LogP contribution in [0, 0.1) is 0 Å². The summed E-state index contributed by atoms with van der Waals surface area (Å²) in [6.45, 7) is 6.76. The Hall–Kier alpha value is -0.610. The summed E-state index contributed by atoms with van der Waals surface area (Å²) in [5, 5.41) is 0. The monoisotopic (exact) mass is 215 g/mol. The molecule has 88 valence electrons. The summed E-state index contributed by atoms with van der Waals surface area (Å²) >= 11 is 0. The van der Waals surface area contributed by atoms with Gasteiger partial charge in [0.2, 0.25) is 5.91 Å². The molecule has 1 heterocycles. The van der Waals surface area contributed by atoms with Crippen LogP contribution in [0.5, 0.6) is 0 Å². The molecule has 4 heteroatoms. The SMILES string of the molecule is CC(C)OCC(=O)N(C)C1CCOC1C. The van der Waals surface area contributed by atoms with Gasteiger partial charge in [-0.2, -0.15) is 0 Å². The molecule has 4 nitrogen and oxygen atoms in total. The number of hydrogen-bond donors (Lipinski definition) is 0. The van der Waals surface area contributed by atoms with E-state index < -0.39 is 0 Å². The molecule has 2 unspecified atom stereocenters. The zero-order valence-electron chi connectivity index (χ0n) is 10.0. The first-order valence-corrected chi connectivity index (χ1v) is 5.51. The average Bonchev–Trinajstić information content (AvgIpc) is 2.59. The second-order valence-electron chi connectivity index (χ2n) is 4.30. The van der Waals surface area contributed by atoms with Gasteiger partial charge in [0, 0.05) is 13.7 Å². The van der Waals surface area contributed by atoms with E-state index in [1.165, 1.54) is 0 Å². The van der Waals surface area contributed by atoms with Gasteiger partial charge in [-0.1, -0.05) is 0 Å². The van der Waals surface area contributed by atoms with Crippen molar-refractivity contribution in [1.29, 1.82) is 0 Å². The summed E-state index contributed by atoms with van der Waals surface area (Å²) in [7, 11) is 1.82. The quantitative estimate of drug-likeness (QED) is 0.703. The summed E-state index contributed by atoms with van der Waals surface area (Å²) in [6, 6.07) is 0.202. The van der Waals surface area contributed by atoms with E-state index in [-0.39, 0.29) is 30.8 Å². The number of carbonyl (C=O) groups is 1. The zero-order chi connectivity index (χ0) is 11.4. The van der Waals surface area contributed by atoms with E-state index in [0.29, 0.717) is 0 Å². The lowest BCUT2D eigenvalue weighted by Gasteiger charge is -2.27. The third-order valence-corrected chi connectivity index (χ3v) is 2.77. The third-order valence-electron chi connectivity index (χ3n) is 2.77. The summed E-state index contributed by atoms with van der Waals surface area (Å²) < 4.78 is 10.7. The molecule has 0 bridgehead atoms. The van der Waals surface area contributed by atoms with Crippen LogP contribution in [0.25, 0.3) is 0 Å². The summed E-state index contributed by atoms with van der Waals surface area (Å²) in [5.74, 6) is 0.0334. The first kappa shape index (κ1) is 12.5. The van der Waals surface area contributed by atoms with Crippen molar-refractivity contribution in [2.24, 2.45) is 0 Å². The van der Waals surface area contributed by atoms with Crippen LogP contribution in [0.3, 0.4) is 0 Å². The van der Waals surface area contributed by atoms with Gasteiger partial charge in [0.15, 0.2) is 0 Å². The maximum Gasteiger partial charge on any atom is 0.248 e. The predicted molar refractivity (Wildman–Crippen MR) is 57.7 cm³/mol. The standard InChI is InChI=1S/C11H21NO3/c1-8(2)15-7-11(13)12(4)10-5-6-14-9(10)3/h8-10H,5-7H2,1-4H3. The number of likely N-dealkylation sites (N-methyl/N-ethyl adjacent to an activating group) is 1. The molecule has 15 heavy (non-hydrogen) atoms. The molecular formula is C11H21NO3. The fourth-order valence-electron chi connectivity index (χ4n) is 1.75. The van der Waals surface area contributed by atoms with Crippen molar-refractivity contribution in [3.05, 3.63) is 0 Å². The first-order valence-electron chi connectivity index (χ1n) is 5.51. The van der Waals surface area contributed by atoms with Gasteiger partial charge < -0.3 is 14.4 Å². The maximum absolute atomic E-state index is 11.7. The van der Waals surface area contributed by atoms with Crippen LogP contribution in [0.15, 0.2) is 0 Å². The molecule has 0 aromatic carbocycles. The lowest BCUT2D eigenvalue weighted by molar-refractivity contribution is -0.139. The second kappa shape index (κ2) is 5.47. The van der Waals surface area contributed by atoms with Crippen molar-refractivity contribution in [2.45, 2.75) is 45.4 Å². The highest BCUT2D eigenvalue weighted by molar-refractivity contribution is 5.77. The molecule has 0 aromatic heterocycles. The second-order valence-corrected chi connectivity index (χ2v) is 4.30. The van der Waals surface area contributed by atoms with Crippen molar-refractivity contribution < 1.29 is 14.3 Å². The van der Waals surface area contributed by atoms with Gasteiger partial charge in [0.1, 0.15) is 6.61 Å². The van der Waals surface area contributed by atoms with Crippen molar-refractivity contribution in [3.63, 3.8) is 0 Å².